The van der Waals surface area contributed by atoms with Crippen molar-refractivity contribution in [3.05, 3.63) is 35.6 Å². The molecular weight excluding hydrogens is 216 g/mol. The first kappa shape index (κ1) is 11.7. The van der Waals surface area contributed by atoms with Crippen molar-refractivity contribution >= 4 is 16.9 Å². The number of benzene rings is 1. The second kappa shape index (κ2) is 3.91. The zero-order valence-electron chi connectivity index (χ0n) is 10.3. The predicted octanol–water partition coefficient (Wildman–Crippen LogP) is 3.49. The Bertz CT molecular complexity index is 564. The summed E-state index contributed by atoms with van der Waals surface area (Å²) in [6.07, 6.45) is 0.0891. The maximum absolute atomic E-state index is 10.9. The van der Waals surface area contributed by atoms with E-state index in [1.807, 2.05) is 45.0 Å². The zero-order chi connectivity index (χ0) is 12.6. The summed E-state index contributed by atoms with van der Waals surface area (Å²) >= 11 is 0. The number of rotatable bonds is 3. The third-order valence-electron chi connectivity index (χ3n) is 2.99. The smallest absolute Gasteiger partial charge is 0.304 e. The Morgan fingerprint density at radius 2 is 2.12 bits per heavy atom. The standard InChI is InChI=1S/C14H16O3/c1-9-7-10-5-4-6-11(13(10)17-9)14(2,3)8-12(15)16/h4-7H,8H2,1-3H3,(H,15,16). The highest BCUT2D eigenvalue weighted by Crippen LogP contribution is 2.34. The number of carboxylic acid groups (broad SMARTS) is 1. The van der Waals surface area contributed by atoms with Gasteiger partial charge in [0.05, 0.1) is 6.42 Å². The molecule has 3 nitrogen and oxygen atoms in total. The SMILES string of the molecule is Cc1cc2cccc(C(C)(C)CC(=O)O)c2o1. The monoisotopic (exact) mass is 232 g/mol. The van der Waals surface area contributed by atoms with E-state index in [1.54, 1.807) is 0 Å². The highest BCUT2D eigenvalue weighted by molar-refractivity contribution is 5.83. The molecule has 0 unspecified atom stereocenters. The number of carboxylic acids is 1. The minimum absolute atomic E-state index is 0.0891. The van der Waals surface area contributed by atoms with Crippen molar-refractivity contribution in [1.82, 2.24) is 0 Å². The summed E-state index contributed by atoms with van der Waals surface area (Å²) in [4.78, 5) is 10.9. The number of furan rings is 1. The van der Waals surface area contributed by atoms with Gasteiger partial charge in [0.15, 0.2) is 0 Å². The van der Waals surface area contributed by atoms with Crippen LogP contribution < -0.4 is 0 Å². The van der Waals surface area contributed by atoms with Crippen molar-refractivity contribution < 1.29 is 14.3 Å². The Balaban J connectivity index is 2.57. The van der Waals surface area contributed by atoms with Crippen molar-refractivity contribution in [2.75, 3.05) is 0 Å². The Kier molecular flexibility index (Phi) is 2.69. The minimum Gasteiger partial charge on any atom is -0.481 e. The van der Waals surface area contributed by atoms with E-state index in [0.29, 0.717) is 0 Å². The van der Waals surface area contributed by atoms with Gasteiger partial charge in [-0.15, -0.1) is 0 Å². The van der Waals surface area contributed by atoms with E-state index in [0.717, 1.165) is 22.3 Å². The van der Waals surface area contributed by atoms with Crippen LogP contribution in [0.3, 0.4) is 0 Å². The molecule has 0 radical (unpaired) electrons. The summed E-state index contributed by atoms with van der Waals surface area (Å²) < 4.78 is 5.67. The fourth-order valence-corrected chi connectivity index (χ4v) is 2.20. The van der Waals surface area contributed by atoms with Crippen molar-refractivity contribution in [3.63, 3.8) is 0 Å². The Hall–Kier alpha value is -1.77. The van der Waals surface area contributed by atoms with Crippen LogP contribution in [0.25, 0.3) is 11.0 Å². The Labute approximate surface area is 100 Å². The lowest BCUT2D eigenvalue weighted by atomic mass is 9.81. The third kappa shape index (κ3) is 2.18. The molecule has 3 heteroatoms. The van der Waals surface area contributed by atoms with Crippen molar-refractivity contribution in [2.45, 2.75) is 32.6 Å². The lowest BCUT2D eigenvalue weighted by molar-refractivity contribution is -0.138. The average molecular weight is 232 g/mol. The van der Waals surface area contributed by atoms with E-state index in [2.05, 4.69) is 0 Å². The second-order valence-electron chi connectivity index (χ2n) is 5.04. The van der Waals surface area contributed by atoms with Crippen LogP contribution in [0.5, 0.6) is 0 Å². The minimum atomic E-state index is -0.796. The summed E-state index contributed by atoms with van der Waals surface area (Å²) in [5.74, 6) is 0.0499. The van der Waals surface area contributed by atoms with Crippen molar-refractivity contribution in [1.29, 1.82) is 0 Å². The molecule has 0 fully saturated rings. The maximum atomic E-state index is 10.9. The predicted molar refractivity (Wildman–Crippen MR) is 66.2 cm³/mol. The van der Waals surface area contributed by atoms with Crippen LogP contribution in [-0.2, 0) is 10.2 Å². The normalized spacial score (nSPS) is 11.9. The topological polar surface area (TPSA) is 50.4 Å². The van der Waals surface area contributed by atoms with Crippen molar-refractivity contribution in [3.8, 4) is 0 Å². The number of aliphatic carboxylic acids is 1. The molecule has 0 bridgehead atoms. The highest BCUT2D eigenvalue weighted by atomic mass is 16.4. The van der Waals surface area contributed by atoms with Gasteiger partial charge in [0.1, 0.15) is 11.3 Å². The fourth-order valence-electron chi connectivity index (χ4n) is 2.20. The van der Waals surface area contributed by atoms with Crippen LogP contribution in [0, 0.1) is 6.92 Å². The molecule has 0 aliphatic rings. The summed E-state index contributed by atoms with van der Waals surface area (Å²) in [7, 11) is 0. The Morgan fingerprint density at radius 3 is 2.76 bits per heavy atom. The summed E-state index contributed by atoms with van der Waals surface area (Å²) in [6, 6.07) is 7.83. The molecule has 0 saturated heterocycles. The molecule has 0 saturated carbocycles. The number of fused-ring (bicyclic) bond motifs is 1. The van der Waals surface area contributed by atoms with E-state index in [1.165, 1.54) is 0 Å². The average Bonchev–Trinajstić information content (AvgIpc) is 2.54. The molecule has 1 heterocycles. The lowest BCUT2D eigenvalue weighted by Gasteiger charge is -2.23. The van der Waals surface area contributed by atoms with Crippen LogP contribution in [0.2, 0.25) is 0 Å². The summed E-state index contributed by atoms with van der Waals surface area (Å²) in [6.45, 7) is 5.75. The fraction of sp³-hybridized carbons (Fsp3) is 0.357. The molecule has 1 aromatic carbocycles. The maximum Gasteiger partial charge on any atom is 0.304 e. The number of aryl methyl sites for hydroxylation is 1. The van der Waals surface area contributed by atoms with Gasteiger partial charge >= 0.3 is 5.97 Å². The van der Waals surface area contributed by atoms with Crippen LogP contribution in [0.15, 0.2) is 28.7 Å². The number of hydrogen-bond acceptors (Lipinski definition) is 2. The first-order valence-corrected chi connectivity index (χ1v) is 5.61. The van der Waals surface area contributed by atoms with Crippen LogP contribution in [0.4, 0.5) is 0 Å². The first-order valence-electron chi connectivity index (χ1n) is 5.61. The quantitative estimate of drug-likeness (QED) is 0.881. The number of hydrogen-bond donors (Lipinski definition) is 1. The number of para-hydroxylation sites is 1. The van der Waals surface area contributed by atoms with E-state index in [9.17, 15) is 4.79 Å². The third-order valence-corrected chi connectivity index (χ3v) is 2.99. The van der Waals surface area contributed by atoms with Crippen LogP contribution in [0.1, 0.15) is 31.6 Å². The van der Waals surface area contributed by atoms with Crippen molar-refractivity contribution in [2.24, 2.45) is 0 Å². The molecule has 1 N–H and O–H groups in total. The molecule has 2 aromatic rings. The molecule has 0 spiro atoms. The molecule has 1 aromatic heterocycles. The zero-order valence-corrected chi connectivity index (χ0v) is 10.3. The highest BCUT2D eigenvalue weighted by Gasteiger charge is 2.27. The Morgan fingerprint density at radius 1 is 1.41 bits per heavy atom. The van der Waals surface area contributed by atoms with Gasteiger partial charge in [-0.1, -0.05) is 32.0 Å². The molecule has 0 aliphatic heterocycles. The van der Waals surface area contributed by atoms with E-state index >= 15 is 0 Å². The second-order valence-corrected chi connectivity index (χ2v) is 5.04. The molecule has 90 valence electrons. The van der Waals surface area contributed by atoms with E-state index < -0.39 is 11.4 Å². The molecule has 17 heavy (non-hydrogen) atoms. The van der Waals surface area contributed by atoms with Gasteiger partial charge in [-0.05, 0) is 13.0 Å². The lowest BCUT2D eigenvalue weighted by Crippen LogP contribution is -2.21. The van der Waals surface area contributed by atoms with Gasteiger partial charge in [-0.3, -0.25) is 4.79 Å². The van der Waals surface area contributed by atoms with Crippen LogP contribution in [-0.4, -0.2) is 11.1 Å². The van der Waals surface area contributed by atoms with Crippen LogP contribution >= 0.6 is 0 Å². The molecular formula is C14H16O3. The van der Waals surface area contributed by atoms with Gasteiger partial charge < -0.3 is 9.52 Å². The van der Waals surface area contributed by atoms with Gasteiger partial charge in [-0.25, -0.2) is 0 Å². The molecule has 0 atom stereocenters. The molecule has 0 amide bonds. The van der Waals surface area contributed by atoms with Gasteiger partial charge in [-0.2, -0.15) is 0 Å². The van der Waals surface area contributed by atoms with E-state index in [-0.39, 0.29) is 6.42 Å². The van der Waals surface area contributed by atoms with Gasteiger partial charge in [0.25, 0.3) is 0 Å². The molecule has 2 rings (SSSR count). The number of carbonyl (C=O) groups is 1. The first-order chi connectivity index (χ1) is 7.90. The summed E-state index contributed by atoms with van der Waals surface area (Å²) in [5.41, 5.74) is 1.32. The van der Waals surface area contributed by atoms with Gasteiger partial charge in [0, 0.05) is 16.4 Å². The largest absolute Gasteiger partial charge is 0.481 e. The molecule has 0 aliphatic carbocycles. The van der Waals surface area contributed by atoms with Gasteiger partial charge in [0.2, 0.25) is 0 Å². The summed E-state index contributed by atoms with van der Waals surface area (Å²) in [5, 5.41) is 9.98. The van der Waals surface area contributed by atoms with E-state index in [4.69, 9.17) is 9.52 Å².